The molecule has 2 heterocycles. The average molecular weight is 384 g/mol. The van der Waals surface area contributed by atoms with Crippen LogP contribution in [0.4, 0.5) is 10.5 Å². The number of carbonyl (C=O) groups is 2. The summed E-state index contributed by atoms with van der Waals surface area (Å²) in [6.45, 7) is 3.00. The van der Waals surface area contributed by atoms with Crippen molar-refractivity contribution in [2.75, 3.05) is 18.0 Å². The molecule has 9 nitrogen and oxygen atoms in total. The number of carbonyl (C=O) groups excluding carboxylic acids is 2. The number of aromatic nitrogens is 3. The normalized spacial score (nSPS) is 21.4. The Labute approximate surface area is 162 Å². The molecule has 9 heteroatoms. The first-order chi connectivity index (χ1) is 13.5. The van der Waals surface area contributed by atoms with Crippen LogP contribution in [0, 0.1) is 6.92 Å². The van der Waals surface area contributed by atoms with Gasteiger partial charge in [-0.25, -0.2) is 4.79 Å². The quantitative estimate of drug-likeness (QED) is 0.707. The molecule has 1 aliphatic heterocycles. The highest BCUT2D eigenvalue weighted by molar-refractivity contribution is 5.99. The summed E-state index contributed by atoms with van der Waals surface area (Å²) >= 11 is 0. The van der Waals surface area contributed by atoms with Crippen molar-refractivity contribution in [3.8, 4) is 0 Å². The van der Waals surface area contributed by atoms with E-state index < -0.39 is 0 Å². The van der Waals surface area contributed by atoms with Gasteiger partial charge in [-0.2, -0.15) is 0 Å². The fraction of sp³-hybridized carbons (Fsp3) is 0.474. The summed E-state index contributed by atoms with van der Waals surface area (Å²) in [7, 11) is 1.84. The van der Waals surface area contributed by atoms with Crippen LogP contribution in [0.15, 0.2) is 18.2 Å². The maximum Gasteiger partial charge on any atom is 0.322 e. The van der Waals surface area contributed by atoms with Crippen molar-refractivity contribution >= 4 is 17.6 Å². The van der Waals surface area contributed by atoms with E-state index in [0.29, 0.717) is 24.5 Å². The topological polar surface area (TPSA) is 112 Å². The first-order valence-electron chi connectivity index (χ1n) is 9.44. The summed E-state index contributed by atoms with van der Waals surface area (Å²) in [4.78, 5) is 26.3. The first kappa shape index (κ1) is 18.4. The number of rotatable bonds is 5. The largest absolute Gasteiger partial charge is 0.388 e. The summed E-state index contributed by atoms with van der Waals surface area (Å²) in [5.74, 6) is 1.47. The molecule has 148 valence electrons. The standard InChI is InChI=1S/C19H24N6O3/c1-11-3-4-12(9-15(11)25-6-5-20-19(25)28)18(27)21-14-7-13(8-14)17-23-22-16(10-26)24(17)2/h3-4,9,13-14,26H,5-8,10H2,1-2H3,(H,20,28)(H,21,27). The molecule has 1 aromatic carbocycles. The molecule has 0 radical (unpaired) electrons. The van der Waals surface area contributed by atoms with E-state index in [-0.39, 0.29) is 30.5 Å². The number of hydrogen-bond acceptors (Lipinski definition) is 5. The van der Waals surface area contributed by atoms with Gasteiger partial charge in [0, 0.05) is 43.3 Å². The minimum absolute atomic E-state index is 0.0756. The van der Waals surface area contributed by atoms with Gasteiger partial charge in [-0.15, -0.1) is 10.2 Å². The van der Waals surface area contributed by atoms with Gasteiger partial charge in [0.2, 0.25) is 0 Å². The Kier molecular flexibility index (Phi) is 4.76. The smallest absolute Gasteiger partial charge is 0.322 e. The third-order valence-electron chi connectivity index (χ3n) is 5.60. The summed E-state index contributed by atoms with van der Waals surface area (Å²) in [6, 6.07) is 5.38. The van der Waals surface area contributed by atoms with Gasteiger partial charge in [-0.3, -0.25) is 9.69 Å². The maximum absolute atomic E-state index is 12.7. The fourth-order valence-electron chi connectivity index (χ4n) is 3.83. The van der Waals surface area contributed by atoms with E-state index in [2.05, 4.69) is 20.8 Å². The first-order valence-corrected chi connectivity index (χ1v) is 9.44. The molecular weight excluding hydrogens is 360 g/mol. The average Bonchev–Trinajstić information content (AvgIpc) is 3.23. The number of nitrogens with one attached hydrogen (secondary N) is 2. The molecule has 1 aromatic heterocycles. The van der Waals surface area contributed by atoms with Crippen molar-refractivity contribution in [3.63, 3.8) is 0 Å². The Morgan fingerprint density at radius 2 is 2.14 bits per heavy atom. The molecule has 1 aliphatic carbocycles. The number of aryl methyl sites for hydroxylation is 1. The lowest BCUT2D eigenvalue weighted by molar-refractivity contribution is 0.0907. The van der Waals surface area contributed by atoms with E-state index in [9.17, 15) is 14.7 Å². The molecule has 2 fully saturated rings. The van der Waals surface area contributed by atoms with Crippen molar-refractivity contribution in [3.05, 3.63) is 41.0 Å². The van der Waals surface area contributed by atoms with Crippen LogP contribution in [0.2, 0.25) is 0 Å². The van der Waals surface area contributed by atoms with Gasteiger partial charge in [0.05, 0.1) is 0 Å². The zero-order valence-electron chi connectivity index (χ0n) is 16.0. The Morgan fingerprint density at radius 1 is 1.36 bits per heavy atom. The highest BCUT2D eigenvalue weighted by atomic mass is 16.3. The van der Waals surface area contributed by atoms with Crippen molar-refractivity contribution < 1.29 is 14.7 Å². The third kappa shape index (κ3) is 3.22. The molecule has 4 rings (SSSR count). The van der Waals surface area contributed by atoms with E-state index >= 15 is 0 Å². The Balaban J connectivity index is 1.40. The molecule has 0 unspecified atom stereocenters. The minimum Gasteiger partial charge on any atom is -0.388 e. The number of amides is 3. The van der Waals surface area contributed by atoms with Gasteiger partial charge >= 0.3 is 6.03 Å². The summed E-state index contributed by atoms with van der Waals surface area (Å²) in [6.07, 6.45) is 1.58. The molecule has 1 saturated carbocycles. The van der Waals surface area contributed by atoms with Crippen molar-refractivity contribution in [2.45, 2.75) is 38.3 Å². The number of benzene rings is 1. The molecule has 0 atom stereocenters. The highest BCUT2D eigenvalue weighted by Crippen LogP contribution is 2.36. The van der Waals surface area contributed by atoms with E-state index in [0.717, 1.165) is 29.9 Å². The molecule has 2 aliphatic rings. The second-order valence-electron chi connectivity index (χ2n) is 7.42. The van der Waals surface area contributed by atoms with Crippen LogP contribution in [-0.2, 0) is 13.7 Å². The third-order valence-corrected chi connectivity index (χ3v) is 5.60. The number of aliphatic hydroxyl groups excluding tert-OH is 1. The van der Waals surface area contributed by atoms with Gasteiger partial charge in [-0.1, -0.05) is 6.07 Å². The Bertz CT molecular complexity index is 918. The number of nitrogens with zero attached hydrogens (tertiary/aromatic N) is 4. The Hall–Kier alpha value is -2.94. The molecular formula is C19H24N6O3. The van der Waals surface area contributed by atoms with E-state index in [1.165, 1.54) is 0 Å². The zero-order valence-corrected chi connectivity index (χ0v) is 16.0. The lowest BCUT2D eigenvalue weighted by Crippen LogP contribution is -2.44. The van der Waals surface area contributed by atoms with Crippen molar-refractivity contribution in [1.29, 1.82) is 0 Å². The molecule has 3 amide bonds. The predicted molar refractivity (Wildman–Crippen MR) is 102 cm³/mol. The number of anilines is 1. The zero-order chi connectivity index (χ0) is 19.8. The summed E-state index contributed by atoms with van der Waals surface area (Å²) < 4.78 is 1.82. The SMILES string of the molecule is Cc1ccc(C(=O)NC2CC(c3nnc(CO)n3C)C2)cc1N1CCNC1=O. The maximum atomic E-state index is 12.7. The molecule has 0 bridgehead atoms. The summed E-state index contributed by atoms with van der Waals surface area (Å²) in [5, 5.41) is 23.2. The van der Waals surface area contributed by atoms with Crippen LogP contribution in [0.5, 0.6) is 0 Å². The second kappa shape index (κ2) is 7.23. The van der Waals surface area contributed by atoms with Gasteiger partial charge < -0.3 is 20.3 Å². The molecule has 0 spiro atoms. The lowest BCUT2D eigenvalue weighted by atomic mass is 9.79. The van der Waals surface area contributed by atoms with Gasteiger partial charge in [0.25, 0.3) is 5.91 Å². The molecule has 1 saturated heterocycles. The van der Waals surface area contributed by atoms with Crippen LogP contribution in [0.1, 0.15) is 46.3 Å². The minimum atomic E-state index is -0.140. The van der Waals surface area contributed by atoms with E-state index in [1.54, 1.807) is 17.0 Å². The second-order valence-corrected chi connectivity index (χ2v) is 7.42. The monoisotopic (exact) mass is 384 g/mol. The lowest BCUT2D eigenvalue weighted by Gasteiger charge is -2.35. The van der Waals surface area contributed by atoms with Crippen LogP contribution in [-0.4, -0.2) is 50.9 Å². The van der Waals surface area contributed by atoms with Crippen molar-refractivity contribution in [1.82, 2.24) is 25.4 Å². The van der Waals surface area contributed by atoms with Crippen LogP contribution in [0.25, 0.3) is 0 Å². The van der Waals surface area contributed by atoms with Gasteiger partial charge in [0.1, 0.15) is 12.4 Å². The van der Waals surface area contributed by atoms with Gasteiger partial charge in [-0.05, 0) is 37.5 Å². The molecule has 28 heavy (non-hydrogen) atoms. The Morgan fingerprint density at radius 3 is 2.79 bits per heavy atom. The summed E-state index contributed by atoms with van der Waals surface area (Å²) in [5.41, 5.74) is 2.27. The van der Waals surface area contributed by atoms with E-state index in [4.69, 9.17) is 0 Å². The van der Waals surface area contributed by atoms with Gasteiger partial charge in [0.15, 0.2) is 5.82 Å². The van der Waals surface area contributed by atoms with E-state index in [1.807, 2.05) is 24.6 Å². The molecule has 2 aromatic rings. The van der Waals surface area contributed by atoms with Crippen LogP contribution >= 0.6 is 0 Å². The van der Waals surface area contributed by atoms with Crippen LogP contribution in [0.3, 0.4) is 0 Å². The molecule has 3 N–H and O–H groups in total. The van der Waals surface area contributed by atoms with Crippen molar-refractivity contribution in [2.24, 2.45) is 7.05 Å². The highest BCUT2D eigenvalue weighted by Gasteiger charge is 2.35. The van der Waals surface area contributed by atoms with Crippen LogP contribution < -0.4 is 15.5 Å². The predicted octanol–water partition coefficient (Wildman–Crippen LogP) is 0.821. The number of aliphatic hydroxyl groups is 1. The fourth-order valence-corrected chi connectivity index (χ4v) is 3.83. The number of urea groups is 1. The number of hydrogen-bond donors (Lipinski definition) is 3.